The first-order chi connectivity index (χ1) is 9.10. The normalized spacial score (nSPS) is 18.6. The molecule has 1 aromatic heterocycles. The first-order valence-electron chi connectivity index (χ1n) is 6.61. The zero-order valence-corrected chi connectivity index (χ0v) is 12.7. The number of hydrogen-bond donors (Lipinski definition) is 1. The highest BCUT2D eigenvalue weighted by Crippen LogP contribution is 2.23. The van der Waals surface area contributed by atoms with Gasteiger partial charge in [0.1, 0.15) is 0 Å². The van der Waals surface area contributed by atoms with Gasteiger partial charge >= 0.3 is 0 Å². The summed E-state index contributed by atoms with van der Waals surface area (Å²) in [7, 11) is 0. The van der Waals surface area contributed by atoms with Crippen LogP contribution in [0.2, 0.25) is 4.34 Å². The van der Waals surface area contributed by atoms with Crippen LogP contribution in [0.4, 0.5) is 0 Å². The standard InChI is InChI=1S/C13H20ClN3OS/c1-2-11(15)13(18)17-7-5-16(6-8-17)9-10-3-4-12(14)19-10/h3-4,11H,2,5-9,15H2,1H3/t11-/m0/s1. The van der Waals surface area contributed by atoms with E-state index in [0.717, 1.165) is 37.1 Å². The number of carbonyl (C=O) groups excluding carboxylic acids is 1. The Bertz CT molecular complexity index is 429. The third-order valence-electron chi connectivity index (χ3n) is 3.45. The number of carbonyl (C=O) groups is 1. The molecule has 0 saturated carbocycles. The Morgan fingerprint density at radius 1 is 1.42 bits per heavy atom. The monoisotopic (exact) mass is 301 g/mol. The molecule has 0 aromatic carbocycles. The summed E-state index contributed by atoms with van der Waals surface area (Å²) in [5.41, 5.74) is 5.79. The Labute approximate surface area is 123 Å². The van der Waals surface area contributed by atoms with Crippen molar-refractivity contribution in [1.82, 2.24) is 9.80 Å². The van der Waals surface area contributed by atoms with Gasteiger partial charge < -0.3 is 10.6 Å². The van der Waals surface area contributed by atoms with E-state index in [1.54, 1.807) is 11.3 Å². The highest BCUT2D eigenvalue weighted by Gasteiger charge is 2.24. The van der Waals surface area contributed by atoms with Gasteiger partial charge in [-0.3, -0.25) is 9.69 Å². The van der Waals surface area contributed by atoms with Crippen LogP contribution in [0.5, 0.6) is 0 Å². The number of thiophene rings is 1. The quantitative estimate of drug-likeness (QED) is 0.922. The Morgan fingerprint density at radius 3 is 2.63 bits per heavy atom. The average molecular weight is 302 g/mol. The molecule has 0 bridgehead atoms. The number of nitrogens with zero attached hydrogens (tertiary/aromatic N) is 2. The van der Waals surface area contributed by atoms with E-state index >= 15 is 0 Å². The Balaban J connectivity index is 1.81. The minimum absolute atomic E-state index is 0.0846. The molecule has 0 spiro atoms. The molecule has 0 aliphatic carbocycles. The van der Waals surface area contributed by atoms with Gasteiger partial charge in [0.15, 0.2) is 0 Å². The lowest BCUT2D eigenvalue weighted by atomic mass is 10.2. The number of nitrogens with two attached hydrogens (primary N) is 1. The maximum Gasteiger partial charge on any atom is 0.239 e. The minimum Gasteiger partial charge on any atom is -0.339 e. The molecular formula is C13H20ClN3OS. The fraction of sp³-hybridized carbons (Fsp3) is 0.615. The number of hydrogen-bond acceptors (Lipinski definition) is 4. The van der Waals surface area contributed by atoms with Crippen LogP contribution >= 0.6 is 22.9 Å². The van der Waals surface area contributed by atoms with E-state index in [1.807, 2.05) is 17.9 Å². The van der Waals surface area contributed by atoms with Crippen molar-refractivity contribution < 1.29 is 4.79 Å². The molecule has 1 aliphatic rings. The summed E-state index contributed by atoms with van der Waals surface area (Å²) in [5.74, 6) is 0.0846. The summed E-state index contributed by atoms with van der Waals surface area (Å²) in [6.07, 6.45) is 0.701. The van der Waals surface area contributed by atoms with Gasteiger partial charge in [0, 0.05) is 37.6 Å². The number of amides is 1. The summed E-state index contributed by atoms with van der Waals surface area (Å²) in [6, 6.07) is 3.65. The van der Waals surface area contributed by atoms with Crippen LogP contribution in [0.15, 0.2) is 12.1 Å². The van der Waals surface area contributed by atoms with Crippen LogP contribution in [-0.4, -0.2) is 47.9 Å². The fourth-order valence-corrected chi connectivity index (χ4v) is 3.32. The topological polar surface area (TPSA) is 49.6 Å². The van der Waals surface area contributed by atoms with E-state index in [2.05, 4.69) is 11.0 Å². The average Bonchev–Trinajstić information content (AvgIpc) is 2.83. The van der Waals surface area contributed by atoms with E-state index in [4.69, 9.17) is 17.3 Å². The third-order valence-corrected chi connectivity index (χ3v) is 4.67. The molecule has 19 heavy (non-hydrogen) atoms. The molecule has 106 valence electrons. The lowest BCUT2D eigenvalue weighted by molar-refractivity contribution is -0.134. The van der Waals surface area contributed by atoms with Crippen molar-refractivity contribution in [2.75, 3.05) is 26.2 Å². The second-order valence-corrected chi connectivity index (χ2v) is 6.62. The van der Waals surface area contributed by atoms with Gasteiger partial charge in [-0.25, -0.2) is 0 Å². The summed E-state index contributed by atoms with van der Waals surface area (Å²) in [6.45, 7) is 6.20. The maximum absolute atomic E-state index is 12.0. The largest absolute Gasteiger partial charge is 0.339 e. The van der Waals surface area contributed by atoms with Crippen molar-refractivity contribution in [2.24, 2.45) is 5.73 Å². The predicted octanol–water partition coefficient (Wildman–Crippen LogP) is 1.78. The Hall–Kier alpha value is -0.620. The maximum atomic E-state index is 12.0. The van der Waals surface area contributed by atoms with E-state index in [-0.39, 0.29) is 11.9 Å². The summed E-state index contributed by atoms with van der Waals surface area (Å²) in [4.78, 5) is 17.5. The fourth-order valence-electron chi connectivity index (χ4n) is 2.19. The summed E-state index contributed by atoms with van der Waals surface area (Å²) < 4.78 is 0.831. The Morgan fingerprint density at radius 2 is 2.11 bits per heavy atom. The number of halogens is 1. The Kier molecular flexibility index (Phi) is 5.21. The van der Waals surface area contributed by atoms with Crippen molar-refractivity contribution in [1.29, 1.82) is 0 Å². The molecule has 0 radical (unpaired) electrons. The van der Waals surface area contributed by atoms with Crippen molar-refractivity contribution in [3.8, 4) is 0 Å². The van der Waals surface area contributed by atoms with Crippen LogP contribution in [0.3, 0.4) is 0 Å². The minimum atomic E-state index is -0.345. The van der Waals surface area contributed by atoms with Crippen LogP contribution in [-0.2, 0) is 11.3 Å². The van der Waals surface area contributed by atoms with Crippen LogP contribution in [0, 0.1) is 0 Å². The lowest BCUT2D eigenvalue weighted by Crippen LogP contribution is -2.52. The van der Waals surface area contributed by atoms with E-state index in [1.165, 1.54) is 4.88 Å². The van der Waals surface area contributed by atoms with Gasteiger partial charge in [0.2, 0.25) is 5.91 Å². The van der Waals surface area contributed by atoms with Crippen molar-refractivity contribution in [2.45, 2.75) is 25.9 Å². The molecule has 1 saturated heterocycles. The molecular weight excluding hydrogens is 282 g/mol. The summed E-state index contributed by atoms with van der Waals surface area (Å²) >= 11 is 7.55. The molecule has 0 unspecified atom stereocenters. The first-order valence-corrected chi connectivity index (χ1v) is 7.80. The molecule has 1 aliphatic heterocycles. The zero-order valence-electron chi connectivity index (χ0n) is 11.1. The second kappa shape index (κ2) is 6.70. The van der Waals surface area contributed by atoms with Crippen molar-refractivity contribution >= 4 is 28.8 Å². The van der Waals surface area contributed by atoms with Gasteiger partial charge in [-0.1, -0.05) is 18.5 Å². The van der Waals surface area contributed by atoms with Gasteiger partial charge in [0.25, 0.3) is 0 Å². The van der Waals surface area contributed by atoms with Crippen molar-refractivity contribution in [3.05, 3.63) is 21.3 Å². The molecule has 4 nitrogen and oxygen atoms in total. The highest BCUT2D eigenvalue weighted by atomic mass is 35.5. The SMILES string of the molecule is CC[C@H](N)C(=O)N1CCN(Cc2ccc(Cl)s2)CC1. The molecule has 1 aromatic rings. The molecule has 6 heteroatoms. The van der Waals surface area contributed by atoms with E-state index in [9.17, 15) is 4.79 Å². The van der Waals surface area contributed by atoms with Crippen LogP contribution in [0.25, 0.3) is 0 Å². The lowest BCUT2D eigenvalue weighted by Gasteiger charge is -2.35. The molecule has 2 heterocycles. The molecule has 1 amide bonds. The third kappa shape index (κ3) is 3.92. The molecule has 1 fully saturated rings. The molecule has 2 rings (SSSR count). The highest BCUT2D eigenvalue weighted by molar-refractivity contribution is 7.16. The summed E-state index contributed by atoms with van der Waals surface area (Å²) in [5, 5.41) is 0. The van der Waals surface area contributed by atoms with E-state index in [0.29, 0.717) is 6.42 Å². The number of rotatable bonds is 4. The smallest absolute Gasteiger partial charge is 0.239 e. The molecule has 2 N–H and O–H groups in total. The second-order valence-electron chi connectivity index (χ2n) is 4.82. The predicted molar refractivity (Wildman–Crippen MR) is 79.5 cm³/mol. The van der Waals surface area contributed by atoms with E-state index < -0.39 is 0 Å². The van der Waals surface area contributed by atoms with Gasteiger partial charge in [-0.15, -0.1) is 11.3 Å². The van der Waals surface area contributed by atoms with Gasteiger partial charge in [-0.05, 0) is 18.6 Å². The van der Waals surface area contributed by atoms with Crippen molar-refractivity contribution in [3.63, 3.8) is 0 Å². The van der Waals surface area contributed by atoms with Gasteiger partial charge in [0.05, 0.1) is 10.4 Å². The molecule has 1 atom stereocenters. The van der Waals surface area contributed by atoms with Crippen LogP contribution in [0.1, 0.15) is 18.2 Å². The first kappa shape index (κ1) is 14.8. The van der Waals surface area contributed by atoms with Gasteiger partial charge in [-0.2, -0.15) is 0 Å². The van der Waals surface area contributed by atoms with Crippen LogP contribution < -0.4 is 5.73 Å². The number of piperazine rings is 1. The zero-order chi connectivity index (χ0) is 13.8.